The van der Waals surface area contributed by atoms with Crippen molar-refractivity contribution in [1.29, 1.82) is 0 Å². The maximum atomic E-state index is 12.3. The van der Waals surface area contributed by atoms with Crippen molar-refractivity contribution >= 4 is 43.2 Å². The lowest BCUT2D eigenvalue weighted by molar-refractivity contribution is -0.114. The number of nitrogens with zero attached hydrogens (tertiary/aromatic N) is 1. The Kier molecular flexibility index (Phi) is 6.21. The minimum atomic E-state index is -3.53. The number of amides is 1. The Hall–Kier alpha value is -1.90. The average Bonchev–Trinajstić information content (AvgIpc) is 2.56. The molecule has 0 unspecified atom stereocenters. The van der Waals surface area contributed by atoms with E-state index in [1.54, 1.807) is 31.2 Å². The number of rotatable bonds is 6. The predicted molar refractivity (Wildman–Crippen MR) is 103 cm³/mol. The van der Waals surface area contributed by atoms with Crippen LogP contribution in [0, 0.1) is 6.92 Å². The van der Waals surface area contributed by atoms with Gasteiger partial charge in [-0.1, -0.05) is 22.0 Å². The molecule has 0 saturated heterocycles. The van der Waals surface area contributed by atoms with E-state index >= 15 is 0 Å². The first-order valence-corrected chi connectivity index (χ1v) is 9.76. The summed E-state index contributed by atoms with van der Waals surface area (Å²) in [6.45, 7) is 1.76. The lowest BCUT2D eigenvalue weighted by Gasteiger charge is -2.15. The predicted octanol–water partition coefficient (Wildman–Crippen LogP) is 3.06. The van der Waals surface area contributed by atoms with E-state index in [-0.39, 0.29) is 17.3 Å². The summed E-state index contributed by atoms with van der Waals surface area (Å²) < 4.78 is 26.7. The van der Waals surface area contributed by atoms with Gasteiger partial charge in [0.25, 0.3) is 0 Å². The van der Waals surface area contributed by atoms with E-state index in [0.717, 1.165) is 4.47 Å². The largest absolute Gasteiger partial charge is 0.376 e. The van der Waals surface area contributed by atoms with Crippen LogP contribution in [0.25, 0.3) is 0 Å². The summed E-state index contributed by atoms with van der Waals surface area (Å²) in [5.74, 6) is -0.222. The molecule has 2 rings (SSSR count). The van der Waals surface area contributed by atoms with Crippen LogP contribution in [0.1, 0.15) is 5.56 Å². The van der Waals surface area contributed by atoms with Gasteiger partial charge in [-0.05, 0) is 48.9 Å². The Morgan fingerprint density at radius 1 is 1.08 bits per heavy atom. The lowest BCUT2D eigenvalue weighted by Crippen LogP contribution is -2.24. The molecule has 2 aromatic carbocycles. The molecule has 6 nitrogen and oxygen atoms in total. The van der Waals surface area contributed by atoms with Crippen LogP contribution in [0.2, 0.25) is 0 Å². The maximum absolute atomic E-state index is 12.3. The molecule has 0 aromatic heterocycles. The average molecular weight is 426 g/mol. The molecule has 0 saturated carbocycles. The highest BCUT2D eigenvalue weighted by molar-refractivity contribution is 9.10. The molecule has 134 valence electrons. The number of carbonyl (C=O) groups is 1. The fourth-order valence-corrected chi connectivity index (χ4v) is 3.51. The molecule has 8 heteroatoms. The zero-order valence-electron chi connectivity index (χ0n) is 14.2. The molecule has 2 aromatic rings. The van der Waals surface area contributed by atoms with Crippen molar-refractivity contribution in [3.05, 3.63) is 52.5 Å². The Balaban J connectivity index is 2.06. The second-order valence-electron chi connectivity index (χ2n) is 5.68. The first-order chi connectivity index (χ1) is 11.7. The number of nitrogens with one attached hydrogen (secondary N) is 2. The Labute approximate surface area is 156 Å². The van der Waals surface area contributed by atoms with E-state index in [9.17, 15) is 13.2 Å². The number of hydrogen-bond acceptors (Lipinski definition) is 4. The van der Waals surface area contributed by atoms with Crippen molar-refractivity contribution in [1.82, 2.24) is 4.31 Å². The highest BCUT2D eigenvalue weighted by atomic mass is 79.9. The summed E-state index contributed by atoms with van der Waals surface area (Å²) in [6.07, 6.45) is 0. The molecular weight excluding hydrogens is 406 g/mol. The first-order valence-electron chi connectivity index (χ1n) is 7.52. The quantitative estimate of drug-likeness (QED) is 0.745. The van der Waals surface area contributed by atoms with E-state index in [0.29, 0.717) is 16.9 Å². The third kappa shape index (κ3) is 5.04. The van der Waals surface area contributed by atoms with Crippen molar-refractivity contribution < 1.29 is 13.2 Å². The maximum Gasteiger partial charge on any atom is 0.243 e. The Bertz CT molecular complexity index is 865. The van der Waals surface area contributed by atoms with Crippen LogP contribution in [0.15, 0.2) is 51.8 Å². The number of carbonyl (C=O) groups excluding carboxylic acids is 1. The van der Waals surface area contributed by atoms with Gasteiger partial charge < -0.3 is 10.6 Å². The number of hydrogen-bond donors (Lipinski definition) is 2. The molecule has 0 aliphatic carbocycles. The van der Waals surface area contributed by atoms with Gasteiger partial charge in [0.15, 0.2) is 0 Å². The topological polar surface area (TPSA) is 78.5 Å². The fraction of sp³-hybridized carbons (Fsp3) is 0.235. The standard InChI is InChI=1S/C17H20BrN3O3S/c1-12-4-7-15(10-16(12)25(23,24)21(2)3)19-11-17(22)20-14-8-5-13(18)6-9-14/h4-10,19H,11H2,1-3H3,(H,20,22). The van der Waals surface area contributed by atoms with Crippen molar-refractivity contribution in [3.63, 3.8) is 0 Å². The number of benzene rings is 2. The van der Waals surface area contributed by atoms with E-state index in [1.807, 2.05) is 12.1 Å². The molecule has 0 atom stereocenters. The van der Waals surface area contributed by atoms with Gasteiger partial charge in [-0.2, -0.15) is 0 Å². The molecular formula is C17H20BrN3O3S. The lowest BCUT2D eigenvalue weighted by atomic mass is 10.2. The highest BCUT2D eigenvalue weighted by Crippen LogP contribution is 2.22. The minimum Gasteiger partial charge on any atom is -0.376 e. The number of anilines is 2. The monoisotopic (exact) mass is 425 g/mol. The van der Waals surface area contributed by atoms with Crippen LogP contribution < -0.4 is 10.6 Å². The number of halogens is 1. The number of sulfonamides is 1. The molecule has 25 heavy (non-hydrogen) atoms. The fourth-order valence-electron chi connectivity index (χ4n) is 2.11. The smallest absolute Gasteiger partial charge is 0.243 e. The molecule has 0 bridgehead atoms. The van der Waals surface area contributed by atoms with Crippen LogP contribution in [-0.4, -0.2) is 39.3 Å². The van der Waals surface area contributed by atoms with Crippen molar-refractivity contribution in [3.8, 4) is 0 Å². The SMILES string of the molecule is Cc1ccc(NCC(=O)Nc2ccc(Br)cc2)cc1S(=O)(=O)N(C)C. The Morgan fingerprint density at radius 3 is 2.28 bits per heavy atom. The number of aryl methyl sites for hydroxylation is 1. The van der Waals surface area contributed by atoms with E-state index in [2.05, 4.69) is 26.6 Å². The normalized spacial score (nSPS) is 11.4. The van der Waals surface area contributed by atoms with Crippen LogP contribution in [0.5, 0.6) is 0 Å². The van der Waals surface area contributed by atoms with E-state index < -0.39 is 10.0 Å². The third-order valence-electron chi connectivity index (χ3n) is 3.53. The Morgan fingerprint density at radius 2 is 1.68 bits per heavy atom. The second kappa shape index (κ2) is 7.99. The van der Waals surface area contributed by atoms with Gasteiger partial charge in [-0.15, -0.1) is 0 Å². The van der Waals surface area contributed by atoms with Gasteiger partial charge in [0, 0.05) is 29.9 Å². The van der Waals surface area contributed by atoms with Crippen LogP contribution in [0.3, 0.4) is 0 Å². The molecule has 2 N–H and O–H groups in total. The van der Waals surface area contributed by atoms with Gasteiger partial charge in [0.05, 0.1) is 11.4 Å². The van der Waals surface area contributed by atoms with Crippen LogP contribution in [0.4, 0.5) is 11.4 Å². The first kappa shape index (κ1) is 19.4. The summed E-state index contributed by atoms with van der Waals surface area (Å²) in [4.78, 5) is 12.2. The van der Waals surface area contributed by atoms with E-state index in [1.165, 1.54) is 24.5 Å². The zero-order valence-corrected chi connectivity index (χ0v) is 16.6. The highest BCUT2D eigenvalue weighted by Gasteiger charge is 2.20. The van der Waals surface area contributed by atoms with Crippen molar-refractivity contribution in [2.75, 3.05) is 31.3 Å². The summed E-state index contributed by atoms with van der Waals surface area (Å²) >= 11 is 3.33. The molecule has 0 fully saturated rings. The molecule has 0 spiro atoms. The van der Waals surface area contributed by atoms with Crippen molar-refractivity contribution in [2.24, 2.45) is 0 Å². The summed E-state index contributed by atoms with van der Waals surface area (Å²) in [6, 6.07) is 12.2. The third-order valence-corrected chi connectivity index (χ3v) is 6.01. The summed E-state index contributed by atoms with van der Waals surface area (Å²) in [5, 5.41) is 5.72. The summed E-state index contributed by atoms with van der Waals surface area (Å²) in [5.41, 5.74) is 1.91. The second-order valence-corrected chi connectivity index (χ2v) is 8.71. The molecule has 0 heterocycles. The van der Waals surface area contributed by atoms with Crippen LogP contribution in [-0.2, 0) is 14.8 Å². The van der Waals surface area contributed by atoms with Gasteiger partial charge >= 0.3 is 0 Å². The van der Waals surface area contributed by atoms with Gasteiger partial charge in [0.2, 0.25) is 15.9 Å². The van der Waals surface area contributed by atoms with Crippen molar-refractivity contribution in [2.45, 2.75) is 11.8 Å². The van der Waals surface area contributed by atoms with Gasteiger partial charge in [-0.3, -0.25) is 4.79 Å². The summed E-state index contributed by atoms with van der Waals surface area (Å²) in [7, 11) is -0.560. The van der Waals surface area contributed by atoms with Crippen LogP contribution >= 0.6 is 15.9 Å². The molecule has 0 radical (unpaired) electrons. The molecule has 0 aliphatic rings. The van der Waals surface area contributed by atoms with E-state index in [4.69, 9.17) is 0 Å². The van der Waals surface area contributed by atoms with Gasteiger partial charge in [-0.25, -0.2) is 12.7 Å². The van der Waals surface area contributed by atoms with Gasteiger partial charge in [0.1, 0.15) is 0 Å². The molecule has 0 aliphatic heterocycles. The molecule has 1 amide bonds. The zero-order chi connectivity index (χ0) is 18.6. The minimum absolute atomic E-state index is 0.0283.